The average Bonchev–Trinajstić information content (AvgIpc) is 2.64. The lowest BCUT2D eigenvalue weighted by molar-refractivity contribution is -0.142. The van der Waals surface area contributed by atoms with Crippen LogP contribution in [0.2, 0.25) is 0 Å². The Balaban J connectivity index is 1.70. The Morgan fingerprint density at radius 1 is 1.22 bits per heavy atom. The fraction of sp³-hybridized carbons (Fsp3) is 0.667. The van der Waals surface area contributed by atoms with Crippen molar-refractivity contribution >= 4 is 17.9 Å². The minimum absolute atomic E-state index is 0.565. The zero-order chi connectivity index (χ0) is 19.9. The van der Waals surface area contributed by atoms with Crippen LogP contribution in [0.15, 0.2) is 18.5 Å². The first-order valence-electron chi connectivity index (χ1n) is 9.33. The Labute approximate surface area is 160 Å². The Hall–Kier alpha value is -2.42. The second-order valence-corrected chi connectivity index (χ2v) is 7.60. The number of hydrogen-bond acceptors (Lipinski definition) is 6. The lowest BCUT2D eigenvalue weighted by atomic mass is 9.79. The summed E-state index contributed by atoms with van der Waals surface area (Å²) in [7, 11) is 0. The highest BCUT2D eigenvalue weighted by atomic mass is 16.4. The number of carboxylic acid groups (broad SMARTS) is 1. The predicted octanol–water partition coefficient (Wildman–Crippen LogP) is 0.917. The van der Waals surface area contributed by atoms with Crippen LogP contribution in [0.5, 0.6) is 0 Å². The van der Waals surface area contributed by atoms with Crippen LogP contribution in [-0.4, -0.2) is 70.7 Å². The van der Waals surface area contributed by atoms with Crippen molar-refractivity contribution in [3.63, 3.8) is 0 Å². The van der Waals surface area contributed by atoms with E-state index >= 15 is 0 Å². The maximum Gasteiger partial charge on any atom is 0.326 e. The number of carbonyl (C=O) groups excluding carboxylic acids is 1. The van der Waals surface area contributed by atoms with E-state index in [0.29, 0.717) is 6.42 Å². The quantitative estimate of drug-likeness (QED) is 0.546. The molecule has 0 bridgehead atoms. The monoisotopic (exact) mass is 378 g/mol. The molecule has 150 valence electrons. The summed E-state index contributed by atoms with van der Waals surface area (Å²) in [6.07, 6.45) is 6.08. The van der Waals surface area contributed by atoms with E-state index in [4.69, 9.17) is 5.73 Å². The first kappa shape index (κ1) is 20.9. The van der Waals surface area contributed by atoms with E-state index in [1.165, 1.54) is 0 Å². The molecule has 0 saturated carbocycles. The van der Waals surface area contributed by atoms with Crippen LogP contribution in [0, 0.1) is 5.41 Å². The van der Waals surface area contributed by atoms with Gasteiger partial charge in [0.1, 0.15) is 6.04 Å². The van der Waals surface area contributed by atoms with Gasteiger partial charge in [-0.2, -0.15) is 0 Å². The van der Waals surface area contributed by atoms with Crippen LogP contribution < -0.4 is 16.0 Å². The van der Waals surface area contributed by atoms with E-state index in [1.54, 1.807) is 12.4 Å². The zero-order valence-electron chi connectivity index (χ0n) is 16.1. The van der Waals surface area contributed by atoms with Crippen molar-refractivity contribution in [2.24, 2.45) is 11.1 Å². The molecule has 1 atom stereocenters. The van der Waals surface area contributed by atoms with Gasteiger partial charge in [0.2, 0.25) is 5.95 Å². The Kier molecular flexibility index (Phi) is 7.35. The number of carbonyl (C=O) groups is 2. The van der Waals surface area contributed by atoms with E-state index in [9.17, 15) is 14.7 Å². The van der Waals surface area contributed by atoms with E-state index in [2.05, 4.69) is 25.1 Å². The number of nitrogens with one attached hydrogen (secondary N) is 1. The molecule has 1 aliphatic rings. The number of primary amides is 1. The molecule has 2 amide bonds. The highest BCUT2D eigenvalue weighted by Crippen LogP contribution is 2.28. The van der Waals surface area contributed by atoms with Crippen LogP contribution in [0.3, 0.4) is 0 Å². The minimum Gasteiger partial charge on any atom is -0.480 e. The highest BCUT2D eigenvalue weighted by molar-refractivity contribution is 5.82. The number of aliphatic carboxylic acids is 1. The van der Waals surface area contributed by atoms with Gasteiger partial charge < -0.3 is 21.1 Å². The first-order chi connectivity index (χ1) is 12.8. The van der Waals surface area contributed by atoms with Crippen molar-refractivity contribution in [3.05, 3.63) is 18.5 Å². The maximum atomic E-state index is 11.4. The number of piperazine rings is 1. The van der Waals surface area contributed by atoms with Gasteiger partial charge in [-0.1, -0.05) is 20.3 Å². The molecule has 2 heterocycles. The molecule has 0 aliphatic carbocycles. The molecule has 0 aromatic carbocycles. The smallest absolute Gasteiger partial charge is 0.326 e. The largest absolute Gasteiger partial charge is 0.480 e. The van der Waals surface area contributed by atoms with Crippen molar-refractivity contribution in [2.45, 2.75) is 39.2 Å². The van der Waals surface area contributed by atoms with Crippen LogP contribution in [0.1, 0.15) is 33.1 Å². The van der Waals surface area contributed by atoms with Crippen molar-refractivity contribution in [2.75, 3.05) is 37.6 Å². The van der Waals surface area contributed by atoms with E-state index in [1.807, 2.05) is 19.9 Å². The number of nitrogens with two attached hydrogens (primary N) is 1. The number of hydrogen-bond donors (Lipinski definition) is 3. The summed E-state index contributed by atoms with van der Waals surface area (Å²) in [6, 6.07) is 0.0231. The summed E-state index contributed by atoms with van der Waals surface area (Å²) in [5.41, 5.74) is 4.54. The molecule has 1 aliphatic heterocycles. The van der Waals surface area contributed by atoms with Gasteiger partial charge in [0.25, 0.3) is 0 Å². The predicted molar refractivity (Wildman–Crippen MR) is 102 cm³/mol. The third-order valence-electron chi connectivity index (χ3n) is 5.07. The third-order valence-corrected chi connectivity index (χ3v) is 5.07. The van der Waals surface area contributed by atoms with Gasteiger partial charge in [-0.05, 0) is 30.9 Å². The molecular formula is C18H30N6O3. The fourth-order valence-corrected chi connectivity index (χ4v) is 3.42. The molecule has 0 radical (unpaired) electrons. The van der Waals surface area contributed by atoms with Crippen LogP contribution >= 0.6 is 0 Å². The van der Waals surface area contributed by atoms with Gasteiger partial charge >= 0.3 is 12.0 Å². The lowest BCUT2D eigenvalue weighted by Gasteiger charge is -2.35. The fourth-order valence-electron chi connectivity index (χ4n) is 3.42. The van der Waals surface area contributed by atoms with Gasteiger partial charge in [0.15, 0.2) is 0 Å². The Morgan fingerprint density at radius 2 is 1.85 bits per heavy atom. The standard InChI is InChI=1S/C18H30N6O3/c1-18(2,14(15(25)26)22-16(19)27)6-3-4-9-23-10-12-24(13-11-23)17-20-7-5-8-21-17/h5,7-8,14H,3-4,6,9-13H2,1-2H3,(H,25,26)(H3,19,22,27). The topological polar surface area (TPSA) is 125 Å². The number of aromatic nitrogens is 2. The summed E-state index contributed by atoms with van der Waals surface area (Å²) in [4.78, 5) is 35.6. The number of carboxylic acids is 1. The molecular weight excluding hydrogens is 348 g/mol. The van der Waals surface area contributed by atoms with Crippen molar-refractivity contribution in [1.29, 1.82) is 0 Å². The molecule has 2 rings (SSSR count). The first-order valence-corrected chi connectivity index (χ1v) is 9.33. The molecule has 0 spiro atoms. The number of urea groups is 1. The molecule has 1 fully saturated rings. The molecule has 1 aromatic heterocycles. The Bertz CT molecular complexity index is 617. The van der Waals surface area contributed by atoms with E-state index in [0.717, 1.165) is 51.5 Å². The molecule has 9 heteroatoms. The number of anilines is 1. The Morgan fingerprint density at radius 3 is 2.41 bits per heavy atom. The summed E-state index contributed by atoms with van der Waals surface area (Å²) >= 11 is 0. The lowest BCUT2D eigenvalue weighted by Crippen LogP contribution is -2.52. The third kappa shape index (κ3) is 6.35. The second-order valence-electron chi connectivity index (χ2n) is 7.60. The SMILES string of the molecule is CC(C)(CCCCN1CCN(c2ncccn2)CC1)C(NC(N)=O)C(=O)O. The molecule has 1 saturated heterocycles. The number of rotatable bonds is 9. The van der Waals surface area contributed by atoms with Crippen LogP contribution in [-0.2, 0) is 4.79 Å². The molecule has 9 nitrogen and oxygen atoms in total. The summed E-state index contributed by atoms with van der Waals surface area (Å²) in [5.74, 6) is -0.279. The van der Waals surface area contributed by atoms with Crippen LogP contribution in [0.25, 0.3) is 0 Å². The average molecular weight is 378 g/mol. The molecule has 1 unspecified atom stereocenters. The molecule has 27 heavy (non-hydrogen) atoms. The zero-order valence-corrected chi connectivity index (χ0v) is 16.1. The van der Waals surface area contributed by atoms with Crippen LogP contribution in [0.4, 0.5) is 10.7 Å². The molecule has 4 N–H and O–H groups in total. The number of unbranched alkanes of at least 4 members (excludes halogenated alkanes) is 1. The maximum absolute atomic E-state index is 11.4. The minimum atomic E-state index is -1.06. The normalized spacial score (nSPS) is 16.7. The van der Waals surface area contributed by atoms with E-state index in [-0.39, 0.29) is 0 Å². The van der Waals surface area contributed by atoms with Gasteiger partial charge in [-0.3, -0.25) is 4.90 Å². The summed E-state index contributed by atoms with van der Waals surface area (Å²) < 4.78 is 0. The summed E-state index contributed by atoms with van der Waals surface area (Å²) in [6.45, 7) is 8.39. The van der Waals surface area contributed by atoms with Gasteiger partial charge in [0, 0.05) is 38.6 Å². The van der Waals surface area contributed by atoms with Crippen molar-refractivity contribution in [1.82, 2.24) is 20.2 Å². The van der Waals surface area contributed by atoms with E-state index < -0.39 is 23.5 Å². The van der Waals surface area contributed by atoms with Crippen molar-refractivity contribution < 1.29 is 14.7 Å². The van der Waals surface area contributed by atoms with Gasteiger partial charge in [-0.25, -0.2) is 19.6 Å². The molecule has 1 aromatic rings. The van der Waals surface area contributed by atoms with Gasteiger partial charge in [-0.15, -0.1) is 0 Å². The summed E-state index contributed by atoms with van der Waals surface area (Å²) in [5, 5.41) is 11.7. The number of nitrogens with zero attached hydrogens (tertiary/aromatic N) is 4. The van der Waals surface area contributed by atoms with Gasteiger partial charge in [0.05, 0.1) is 0 Å². The highest BCUT2D eigenvalue weighted by Gasteiger charge is 2.35. The van der Waals surface area contributed by atoms with Crippen molar-refractivity contribution in [3.8, 4) is 0 Å². The number of amides is 2. The second kappa shape index (κ2) is 9.50.